The minimum Gasteiger partial charge on any atom is -0.308 e. The second kappa shape index (κ2) is 3.18. The van der Waals surface area contributed by atoms with E-state index in [4.69, 9.17) is 5.41 Å². The fourth-order valence-electron chi connectivity index (χ4n) is 1.15. The van der Waals surface area contributed by atoms with E-state index in [2.05, 4.69) is 4.98 Å². The average molecular weight is 195 g/mol. The smallest absolute Gasteiger partial charge is 0.171 e. The maximum atomic E-state index is 12.3. The van der Waals surface area contributed by atoms with Crippen LogP contribution in [0.25, 0.3) is 11.0 Å². The van der Waals surface area contributed by atoms with Gasteiger partial charge in [-0.05, 0) is 17.7 Å². The third-order valence-corrected chi connectivity index (χ3v) is 2.22. The van der Waals surface area contributed by atoms with Crippen LogP contribution in [0.5, 0.6) is 0 Å². The van der Waals surface area contributed by atoms with E-state index in [-0.39, 0.29) is 12.3 Å². The predicted molar refractivity (Wildman–Crippen MR) is 51.7 cm³/mol. The van der Waals surface area contributed by atoms with Crippen LogP contribution in [-0.4, -0.2) is 15.2 Å². The molecule has 0 radical (unpaired) electrons. The van der Waals surface area contributed by atoms with Crippen molar-refractivity contribution in [1.29, 1.82) is 5.41 Å². The summed E-state index contributed by atoms with van der Waals surface area (Å²) in [7, 11) is 0. The van der Waals surface area contributed by atoms with E-state index < -0.39 is 0 Å². The summed E-state index contributed by atoms with van der Waals surface area (Å²) in [4.78, 5) is 4.00. The molecule has 0 amide bonds. The lowest BCUT2D eigenvalue weighted by Gasteiger charge is -1.94. The number of hydrogen-bond acceptors (Lipinski definition) is 3. The first-order valence-electron chi connectivity index (χ1n) is 3.62. The molecular formula is C8H6FN3S. The molecule has 1 aromatic heterocycles. The van der Waals surface area contributed by atoms with Crippen molar-refractivity contribution in [2.24, 2.45) is 0 Å². The Labute approximate surface area is 78.5 Å². The number of hydrogen-bond donors (Lipinski definition) is 1. The summed E-state index contributed by atoms with van der Waals surface area (Å²) < 4.78 is 13.6. The van der Waals surface area contributed by atoms with Gasteiger partial charge in [0.15, 0.2) is 12.3 Å². The van der Waals surface area contributed by atoms with Gasteiger partial charge in [-0.3, -0.25) is 0 Å². The van der Waals surface area contributed by atoms with Crippen LogP contribution in [0.2, 0.25) is 0 Å². The SMILES string of the molecule is N=Cc1ccc2c(c1)ncn2SF. The first-order valence-corrected chi connectivity index (χ1v) is 4.29. The summed E-state index contributed by atoms with van der Waals surface area (Å²) in [5.74, 6) is 0. The highest BCUT2D eigenvalue weighted by molar-refractivity contribution is 7.92. The van der Waals surface area contributed by atoms with Crippen LogP contribution in [0.1, 0.15) is 5.56 Å². The van der Waals surface area contributed by atoms with E-state index in [1.807, 2.05) is 0 Å². The standard InChI is InChI=1S/C8H6FN3S/c9-13-12-5-11-7-3-6(4-10)1-2-8(7)12/h1-5,10H. The molecule has 1 aromatic carbocycles. The quantitative estimate of drug-likeness (QED) is 0.747. The zero-order valence-electron chi connectivity index (χ0n) is 6.57. The molecule has 3 nitrogen and oxygen atoms in total. The van der Waals surface area contributed by atoms with Gasteiger partial charge in [-0.1, -0.05) is 6.07 Å². The molecule has 0 aliphatic heterocycles. The summed E-state index contributed by atoms with van der Waals surface area (Å²) in [5.41, 5.74) is 2.19. The Morgan fingerprint density at radius 3 is 3.08 bits per heavy atom. The van der Waals surface area contributed by atoms with Gasteiger partial charge in [0, 0.05) is 6.21 Å². The lowest BCUT2D eigenvalue weighted by atomic mass is 10.2. The van der Waals surface area contributed by atoms with Crippen LogP contribution in [0, 0.1) is 5.41 Å². The minimum absolute atomic E-state index is 0.115. The second-order valence-corrected chi connectivity index (χ2v) is 3.06. The number of aromatic nitrogens is 2. The Balaban J connectivity index is 2.67. The number of halogens is 1. The number of imidazole rings is 1. The van der Waals surface area contributed by atoms with Gasteiger partial charge in [-0.15, -0.1) is 3.89 Å². The van der Waals surface area contributed by atoms with Gasteiger partial charge in [-0.2, -0.15) is 0 Å². The largest absolute Gasteiger partial charge is 0.308 e. The Morgan fingerprint density at radius 1 is 1.54 bits per heavy atom. The molecule has 0 spiro atoms. The maximum absolute atomic E-state index is 12.3. The fraction of sp³-hybridized carbons (Fsp3) is 0. The molecule has 0 unspecified atom stereocenters. The van der Waals surface area contributed by atoms with Crippen LogP contribution in [0.15, 0.2) is 24.5 Å². The molecule has 0 atom stereocenters. The number of nitrogens with zero attached hydrogens (tertiary/aromatic N) is 2. The molecule has 0 aliphatic rings. The van der Waals surface area contributed by atoms with E-state index >= 15 is 0 Å². The van der Waals surface area contributed by atoms with Crippen molar-refractivity contribution in [2.75, 3.05) is 0 Å². The van der Waals surface area contributed by atoms with Gasteiger partial charge < -0.3 is 5.41 Å². The molecule has 13 heavy (non-hydrogen) atoms. The molecule has 5 heteroatoms. The van der Waals surface area contributed by atoms with Crippen molar-refractivity contribution >= 4 is 29.6 Å². The number of nitrogens with one attached hydrogen (secondary N) is 1. The van der Waals surface area contributed by atoms with Crippen LogP contribution >= 0.6 is 12.3 Å². The number of fused-ring (bicyclic) bond motifs is 1. The summed E-state index contributed by atoms with van der Waals surface area (Å²) in [6, 6.07) is 5.24. The Kier molecular flexibility index (Phi) is 2.02. The zero-order valence-corrected chi connectivity index (χ0v) is 7.38. The minimum atomic E-state index is 0.115. The summed E-state index contributed by atoms with van der Waals surface area (Å²) in [6.45, 7) is 0. The molecule has 0 saturated heterocycles. The topological polar surface area (TPSA) is 41.7 Å². The molecule has 2 aromatic rings. The first-order chi connectivity index (χ1) is 6.35. The zero-order chi connectivity index (χ0) is 9.26. The van der Waals surface area contributed by atoms with Crippen molar-refractivity contribution in [2.45, 2.75) is 0 Å². The molecule has 1 N–H and O–H groups in total. The first kappa shape index (κ1) is 8.25. The van der Waals surface area contributed by atoms with Crippen LogP contribution < -0.4 is 0 Å². The fourth-order valence-corrected chi connectivity index (χ4v) is 1.46. The predicted octanol–water partition coefficient (Wildman–Crippen LogP) is 2.41. The lowest BCUT2D eigenvalue weighted by molar-refractivity contribution is 0.919. The molecule has 2 rings (SSSR count). The molecule has 0 aliphatic carbocycles. The van der Waals surface area contributed by atoms with Crippen LogP contribution in [0.3, 0.4) is 0 Å². The van der Waals surface area contributed by atoms with Crippen molar-refractivity contribution in [3.63, 3.8) is 0 Å². The monoisotopic (exact) mass is 195 g/mol. The average Bonchev–Trinajstić information content (AvgIpc) is 2.59. The van der Waals surface area contributed by atoms with E-state index in [1.165, 1.54) is 16.5 Å². The summed E-state index contributed by atoms with van der Waals surface area (Å²) in [5, 5.41) is 7.03. The lowest BCUT2D eigenvalue weighted by Crippen LogP contribution is -1.81. The van der Waals surface area contributed by atoms with Gasteiger partial charge >= 0.3 is 0 Å². The highest BCUT2D eigenvalue weighted by atomic mass is 32.2. The molecule has 0 saturated carbocycles. The summed E-state index contributed by atoms with van der Waals surface area (Å²) >= 11 is 0.115. The van der Waals surface area contributed by atoms with Crippen LogP contribution in [-0.2, 0) is 0 Å². The van der Waals surface area contributed by atoms with Gasteiger partial charge in [0.25, 0.3) is 0 Å². The van der Waals surface area contributed by atoms with Crippen molar-refractivity contribution in [3.05, 3.63) is 30.1 Å². The summed E-state index contributed by atoms with van der Waals surface area (Å²) in [6.07, 6.45) is 2.66. The number of benzene rings is 1. The highest BCUT2D eigenvalue weighted by Gasteiger charge is 2.02. The van der Waals surface area contributed by atoms with Gasteiger partial charge in [0.2, 0.25) is 0 Å². The Bertz CT molecular complexity index is 452. The number of rotatable bonds is 2. The molecule has 1 heterocycles. The maximum Gasteiger partial charge on any atom is 0.171 e. The van der Waals surface area contributed by atoms with E-state index in [0.717, 1.165) is 11.1 Å². The van der Waals surface area contributed by atoms with E-state index in [0.29, 0.717) is 5.52 Å². The van der Waals surface area contributed by atoms with Gasteiger partial charge in [-0.25, -0.2) is 8.96 Å². The molecule has 66 valence electrons. The highest BCUT2D eigenvalue weighted by Crippen LogP contribution is 2.19. The molecular weight excluding hydrogens is 189 g/mol. The van der Waals surface area contributed by atoms with Gasteiger partial charge in [0.1, 0.15) is 6.33 Å². The molecule has 0 bridgehead atoms. The van der Waals surface area contributed by atoms with Crippen molar-refractivity contribution in [1.82, 2.24) is 8.96 Å². The van der Waals surface area contributed by atoms with Crippen molar-refractivity contribution < 1.29 is 3.89 Å². The normalized spacial score (nSPS) is 10.5. The van der Waals surface area contributed by atoms with Crippen molar-refractivity contribution in [3.8, 4) is 0 Å². The third-order valence-electron chi connectivity index (χ3n) is 1.78. The van der Waals surface area contributed by atoms with Crippen LogP contribution in [0.4, 0.5) is 3.89 Å². The van der Waals surface area contributed by atoms with Gasteiger partial charge in [0.05, 0.1) is 11.0 Å². The Hall–Kier alpha value is -1.36. The van der Waals surface area contributed by atoms with E-state index in [9.17, 15) is 3.89 Å². The molecule has 0 fully saturated rings. The second-order valence-electron chi connectivity index (χ2n) is 2.53. The third kappa shape index (κ3) is 1.31. The van der Waals surface area contributed by atoms with E-state index in [1.54, 1.807) is 18.2 Å². The Morgan fingerprint density at radius 2 is 2.38 bits per heavy atom.